The van der Waals surface area contributed by atoms with Gasteiger partial charge in [0.05, 0.1) is 5.56 Å². The summed E-state index contributed by atoms with van der Waals surface area (Å²) >= 11 is 1.65. The molecule has 1 aromatic rings. The van der Waals surface area contributed by atoms with Gasteiger partial charge in [-0.1, -0.05) is 13.3 Å². The molecule has 4 nitrogen and oxygen atoms in total. The Labute approximate surface area is 124 Å². The Morgan fingerprint density at radius 3 is 3.05 bits per heavy atom. The van der Waals surface area contributed by atoms with Gasteiger partial charge in [-0.3, -0.25) is 9.59 Å². The highest BCUT2D eigenvalue weighted by molar-refractivity contribution is 7.10. The van der Waals surface area contributed by atoms with Gasteiger partial charge in [-0.05, 0) is 25.3 Å². The number of nitrogens with one attached hydrogen (secondary N) is 1. The van der Waals surface area contributed by atoms with E-state index in [1.165, 1.54) is 4.88 Å². The zero-order valence-corrected chi connectivity index (χ0v) is 12.8. The fourth-order valence-electron chi connectivity index (χ4n) is 2.39. The molecule has 0 unspecified atom stereocenters. The van der Waals surface area contributed by atoms with Gasteiger partial charge in [0.2, 0.25) is 5.91 Å². The van der Waals surface area contributed by atoms with Gasteiger partial charge < -0.3 is 10.2 Å². The molecule has 0 saturated carbocycles. The normalized spacial score (nSPS) is 14.8. The molecular formula is C15H22N2O2S. The fourth-order valence-corrected chi connectivity index (χ4v) is 3.36. The second kappa shape index (κ2) is 7.43. The zero-order chi connectivity index (χ0) is 14.4. The molecule has 20 heavy (non-hydrogen) atoms. The first-order valence-corrected chi connectivity index (χ1v) is 8.22. The molecule has 0 aliphatic carbocycles. The van der Waals surface area contributed by atoms with Crippen molar-refractivity contribution in [2.24, 2.45) is 0 Å². The van der Waals surface area contributed by atoms with E-state index in [-0.39, 0.29) is 11.8 Å². The molecule has 1 aromatic heterocycles. The first-order valence-electron chi connectivity index (χ1n) is 7.34. The zero-order valence-electron chi connectivity index (χ0n) is 12.0. The quantitative estimate of drug-likeness (QED) is 0.785. The minimum absolute atomic E-state index is 0.00338. The Kier molecular flexibility index (Phi) is 5.59. The smallest absolute Gasteiger partial charge is 0.252 e. The first kappa shape index (κ1) is 15.0. The summed E-state index contributed by atoms with van der Waals surface area (Å²) in [7, 11) is 0. The highest BCUT2D eigenvalue weighted by Gasteiger charge is 2.19. The van der Waals surface area contributed by atoms with Crippen LogP contribution in [0.25, 0.3) is 0 Å². The van der Waals surface area contributed by atoms with Crippen LogP contribution in [0.3, 0.4) is 0 Å². The molecule has 2 rings (SSSR count). The van der Waals surface area contributed by atoms with Crippen molar-refractivity contribution in [1.29, 1.82) is 0 Å². The summed E-state index contributed by atoms with van der Waals surface area (Å²) in [5.74, 6) is 0.245. The second-order valence-corrected chi connectivity index (χ2v) is 6.14. The van der Waals surface area contributed by atoms with E-state index in [4.69, 9.17) is 0 Å². The highest BCUT2D eigenvalue weighted by Crippen LogP contribution is 2.16. The van der Waals surface area contributed by atoms with Crippen LogP contribution in [0.2, 0.25) is 0 Å². The Hall–Kier alpha value is -1.36. The Bertz CT molecular complexity index is 470. The molecule has 0 aromatic carbocycles. The van der Waals surface area contributed by atoms with Crippen molar-refractivity contribution in [3.05, 3.63) is 21.9 Å². The third kappa shape index (κ3) is 4.07. The molecule has 2 heterocycles. The van der Waals surface area contributed by atoms with Crippen molar-refractivity contribution in [3.8, 4) is 0 Å². The molecule has 110 valence electrons. The Morgan fingerprint density at radius 1 is 1.50 bits per heavy atom. The van der Waals surface area contributed by atoms with Crippen LogP contribution in [0, 0.1) is 0 Å². The topological polar surface area (TPSA) is 49.4 Å². The lowest BCUT2D eigenvalue weighted by molar-refractivity contribution is -0.127. The first-order chi connectivity index (χ1) is 9.70. The van der Waals surface area contributed by atoms with Crippen LogP contribution in [-0.4, -0.2) is 36.3 Å². The van der Waals surface area contributed by atoms with Gasteiger partial charge in [0.15, 0.2) is 0 Å². The number of likely N-dealkylation sites (tertiary alicyclic amines) is 1. The van der Waals surface area contributed by atoms with Crippen molar-refractivity contribution in [2.75, 3.05) is 19.6 Å². The predicted molar refractivity (Wildman–Crippen MR) is 81.1 cm³/mol. The van der Waals surface area contributed by atoms with Crippen LogP contribution in [-0.2, 0) is 11.2 Å². The number of thiophene rings is 1. The third-order valence-electron chi connectivity index (χ3n) is 3.47. The molecule has 1 N–H and O–H groups in total. The SMILES string of the molecule is CCCc1cc(C(=O)NCCCN2CCCC2=O)cs1. The van der Waals surface area contributed by atoms with E-state index in [0.717, 1.165) is 44.3 Å². The van der Waals surface area contributed by atoms with Crippen LogP contribution in [0.4, 0.5) is 0 Å². The minimum Gasteiger partial charge on any atom is -0.352 e. The molecule has 0 bridgehead atoms. The van der Waals surface area contributed by atoms with E-state index >= 15 is 0 Å². The van der Waals surface area contributed by atoms with Gasteiger partial charge in [0, 0.05) is 36.3 Å². The lowest BCUT2D eigenvalue weighted by Gasteiger charge is -2.15. The van der Waals surface area contributed by atoms with Gasteiger partial charge in [0.1, 0.15) is 0 Å². The molecule has 0 spiro atoms. The van der Waals surface area contributed by atoms with Gasteiger partial charge in [-0.25, -0.2) is 0 Å². The maximum atomic E-state index is 11.9. The summed E-state index contributed by atoms with van der Waals surface area (Å²) < 4.78 is 0. The molecule has 1 saturated heterocycles. The second-order valence-electron chi connectivity index (χ2n) is 5.15. The van der Waals surface area contributed by atoms with E-state index < -0.39 is 0 Å². The summed E-state index contributed by atoms with van der Waals surface area (Å²) in [6.07, 6.45) is 4.62. The lowest BCUT2D eigenvalue weighted by atomic mass is 10.2. The number of rotatable bonds is 7. The third-order valence-corrected chi connectivity index (χ3v) is 4.47. The fraction of sp³-hybridized carbons (Fsp3) is 0.600. The largest absolute Gasteiger partial charge is 0.352 e. The summed E-state index contributed by atoms with van der Waals surface area (Å²) in [5.41, 5.74) is 0.760. The van der Waals surface area contributed by atoms with E-state index in [0.29, 0.717) is 13.0 Å². The van der Waals surface area contributed by atoms with Gasteiger partial charge >= 0.3 is 0 Å². The number of nitrogens with zero attached hydrogens (tertiary/aromatic N) is 1. The van der Waals surface area contributed by atoms with E-state index in [1.54, 1.807) is 11.3 Å². The molecule has 1 fully saturated rings. The number of aryl methyl sites for hydroxylation is 1. The monoisotopic (exact) mass is 294 g/mol. The summed E-state index contributed by atoms with van der Waals surface area (Å²) in [4.78, 5) is 26.5. The number of carbonyl (C=O) groups is 2. The Balaban J connectivity index is 1.67. The van der Waals surface area contributed by atoms with E-state index in [2.05, 4.69) is 12.2 Å². The van der Waals surface area contributed by atoms with Crippen LogP contribution in [0.1, 0.15) is 47.8 Å². The molecule has 2 amide bonds. The number of hydrogen-bond acceptors (Lipinski definition) is 3. The van der Waals surface area contributed by atoms with Gasteiger partial charge in [0.25, 0.3) is 5.91 Å². The summed E-state index contributed by atoms with van der Waals surface area (Å²) in [6, 6.07) is 1.98. The highest BCUT2D eigenvalue weighted by atomic mass is 32.1. The van der Waals surface area contributed by atoms with Crippen molar-refractivity contribution in [3.63, 3.8) is 0 Å². The van der Waals surface area contributed by atoms with Crippen LogP contribution < -0.4 is 5.32 Å². The average molecular weight is 294 g/mol. The number of hydrogen-bond donors (Lipinski definition) is 1. The molecule has 0 atom stereocenters. The van der Waals surface area contributed by atoms with Gasteiger partial charge in [-0.15, -0.1) is 11.3 Å². The van der Waals surface area contributed by atoms with E-state index in [9.17, 15) is 9.59 Å². The standard InChI is InChI=1S/C15H22N2O2S/c1-2-5-13-10-12(11-20-13)15(19)16-7-4-9-17-8-3-6-14(17)18/h10-11H,2-9H2,1H3,(H,16,19). The molecule has 5 heteroatoms. The Morgan fingerprint density at radius 2 is 2.35 bits per heavy atom. The van der Waals surface area contributed by atoms with Crippen molar-refractivity contribution in [1.82, 2.24) is 10.2 Å². The number of amides is 2. The lowest BCUT2D eigenvalue weighted by Crippen LogP contribution is -2.30. The minimum atomic E-state index is -0.00338. The molecule has 0 radical (unpaired) electrons. The van der Waals surface area contributed by atoms with E-state index in [1.807, 2.05) is 16.3 Å². The molecule has 1 aliphatic heterocycles. The van der Waals surface area contributed by atoms with Crippen molar-refractivity contribution in [2.45, 2.75) is 39.0 Å². The van der Waals surface area contributed by atoms with Crippen molar-refractivity contribution >= 4 is 23.2 Å². The van der Waals surface area contributed by atoms with Crippen molar-refractivity contribution < 1.29 is 9.59 Å². The summed E-state index contributed by atoms with van der Waals surface area (Å²) in [6.45, 7) is 4.39. The average Bonchev–Trinajstić information content (AvgIpc) is 3.05. The molecule has 1 aliphatic rings. The maximum Gasteiger partial charge on any atom is 0.252 e. The predicted octanol–water partition coefficient (Wildman–Crippen LogP) is 2.44. The summed E-state index contributed by atoms with van der Waals surface area (Å²) in [5, 5.41) is 4.84. The van der Waals surface area contributed by atoms with Crippen LogP contribution in [0.15, 0.2) is 11.4 Å². The van der Waals surface area contributed by atoms with Gasteiger partial charge in [-0.2, -0.15) is 0 Å². The number of carbonyl (C=O) groups excluding carboxylic acids is 2. The van der Waals surface area contributed by atoms with Crippen LogP contribution in [0.5, 0.6) is 0 Å². The van der Waals surface area contributed by atoms with Crippen LogP contribution >= 0.6 is 11.3 Å². The maximum absolute atomic E-state index is 11.9. The molecular weight excluding hydrogens is 272 g/mol.